The molecule has 0 aliphatic carbocycles. The summed E-state index contributed by atoms with van der Waals surface area (Å²) in [6.45, 7) is 3.63. The lowest BCUT2D eigenvalue weighted by atomic mass is 9.94. The van der Waals surface area contributed by atoms with Crippen molar-refractivity contribution in [2.45, 2.75) is 32.2 Å². The lowest BCUT2D eigenvalue weighted by Crippen LogP contribution is -2.48. The summed E-state index contributed by atoms with van der Waals surface area (Å²) in [7, 11) is 0. The van der Waals surface area contributed by atoms with Crippen LogP contribution >= 0.6 is 0 Å². The highest BCUT2D eigenvalue weighted by molar-refractivity contribution is 5.81. The largest absolute Gasteiger partial charge is 0.354 e. The summed E-state index contributed by atoms with van der Waals surface area (Å²) in [5.74, 6) is 0.426. The van der Waals surface area contributed by atoms with Crippen LogP contribution in [0.3, 0.4) is 0 Å². The topological polar surface area (TPSA) is 41.1 Å². The summed E-state index contributed by atoms with van der Waals surface area (Å²) in [4.78, 5) is 12.0. The van der Waals surface area contributed by atoms with E-state index in [1.54, 1.807) is 6.07 Å². The number of piperidine rings is 1. The van der Waals surface area contributed by atoms with E-state index in [0.29, 0.717) is 18.9 Å². The molecule has 1 aliphatic heterocycles. The summed E-state index contributed by atoms with van der Waals surface area (Å²) >= 11 is 0. The minimum atomic E-state index is -0.230. The Morgan fingerprint density at radius 3 is 3.11 bits per heavy atom. The van der Waals surface area contributed by atoms with E-state index >= 15 is 0 Å². The van der Waals surface area contributed by atoms with Crippen molar-refractivity contribution in [2.24, 2.45) is 5.92 Å². The maximum absolute atomic E-state index is 13.0. The van der Waals surface area contributed by atoms with Crippen LogP contribution in [0.1, 0.15) is 25.3 Å². The zero-order chi connectivity index (χ0) is 13.7. The Kier molecular flexibility index (Phi) is 4.91. The van der Waals surface area contributed by atoms with E-state index < -0.39 is 0 Å². The van der Waals surface area contributed by atoms with E-state index in [0.717, 1.165) is 24.9 Å². The van der Waals surface area contributed by atoms with Gasteiger partial charge in [-0.15, -0.1) is 0 Å². The first-order valence-corrected chi connectivity index (χ1v) is 6.90. The molecular formula is C15H21FN2O. The molecule has 2 rings (SSSR count). The first kappa shape index (κ1) is 14.0. The second-order valence-electron chi connectivity index (χ2n) is 5.31. The van der Waals surface area contributed by atoms with Gasteiger partial charge in [0.25, 0.3) is 0 Å². The number of carbonyl (C=O) groups excluding carboxylic acids is 1. The van der Waals surface area contributed by atoms with Crippen molar-refractivity contribution in [3.8, 4) is 0 Å². The molecule has 1 aliphatic rings. The van der Waals surface area contributed by atoms with Gasteiger partial charge in [-0.05, 0) is 49.4 Å². The van der Waals surface area contributed by atoms with Gasteiger partial charge in [0, 0.05) is 6.54 Å². The zero-order valence-electron chi connectivity index (χ0n) is 11.3. The molecule has 2 N–H and O–H groups in total. The van der Waals surface area contributed by atoms with Crippen molar-refractivity contribution >= 4 is 5.91 Å². The van der Waals surface area contributed by atoms with E-state index in [1.807, 2.05) is 6.07 Å². The molecule has 0 bridgehead atoms. The lowest BCUT2D eigenvalue weighted by Gasteiger charge is -2.27. The monoisotopic (exact) mass is 264 g/mol. The third kappa shape index (κ3) is 4.31. The Labute approximate surface area is 113 Å². The molecule has 1 heterocycles. The number of rotatable bonds is 4. The Bertz CT molecular complexity index is 436. The van der Waals surface area contributed by atoms with Gasteiger partial charge in [0.2, 0.25) is 5.91 Å². The van der Waals surface area contributed by atoms with Crippen LogP contribution in [0.5, 0.6) is 0 Å². The molecule has 3 nitrogen and oxygen atoms in total. The predicted octanol–water partition coefficient (Wildman–Crippen LogP) is 1.87. The Balaban J connectivity index is 1.74. The highest BCUT2D eigenvalue weighted by Gasteiger charge is 2.23. The number of hydrogen-bond acceptors (Lipinski definition) is 2. The molecule has 1 amide bonds. The van der Waals surface area contributed by atoms with Crippen molar-refractivity contribution in [1.29, 1.82) is 0 Å². The van der Waals surface area contributed by atoms with Gasteiger partial charge in [0.1, 0.15) is 5.82 Å². The van der Waals surface area contributed by atoms with E-state index in [1.165, 1.54) is 12.1 Å². The molecule has 19 heavy (non-hydrogen) atoms. The van der Waals surface area contributed by atoms with Crippen LogP contribution in [0, 0.1) is 11.7 Å². The van der Waals surface area contributed by atoms with Gasteiger partial charge in [-0.3, -0.25) is 4.79 Å². The van der Waals surface area contributed by atoms with Crippen LogP contribution in [0.2, 0.25) is 0 Å². The molecule has 1 aromatic rings. The Morgan fingerprint density at radius 1 is 1.53 bits per heavy atom. The molecule has 0 radical (unpaired) electrons. The highest BCUT2D eigenvalue weighted by Crippen LogP contribution is 2.14. The van der Waals surface area contributed by atoms with Gasteiger partial charge < -0.3 is 10.6 Å². The number of benzene rings is 1. The summed E-state index contributed by atoms with van der Waals surface area (Å²) in [5, 5.41) is 6.15. The molecule has 0 saturated carbocycles. The number of nitrogens with one attached hydrogen (secondary N) is 2. The van der Waals surface area contributed by atoms with Crippen LogP contribution < -0.4 is 10.6 Å². The Morgan fingerprint density at radius 2 is 2.37 bits per heavy atom. The van der Waals surface area contributed by atoms with Crippen LogP contribution in [-0.4, -0.2) is 25.0 Å². The quantitative estimate of drug-likeness (QED) is 0.871. The average Bonchev–Trinajstić information content (AvgIpc) is 2.38. The van der Waals surface area contributed by atoms with E-state index in [9.17, 15) is 9.18 Å². The molecule has 1 fully saturated rings. The van der Waals surface area contributed by atoms with E-state index in [2.05, 4.69) is 17.6 Å². The minimum Gasteiger partial charge on any atom is -0.354 e. The molecule has 1 aromatic carbocycles. The fraction of sp³-hybridized carbons (Fsp3) is 0.533. The standard InChI is InChI=1S/C15H21FN2O/c1-11-5-7-17-14(9-11)15(19)18-8-6-12-3-2-4-13(16)10-12/h2-4,10-11,14,17H,5-9H2,1H3,(H,18,19). The van der Waals surface area contributed by atoms with Gasteiger partial charge in [-0.1, -0.05) is 19.1 Å². The van der Waals surface area contributed by atoms with Gasteiger partial charge in [0.15, 0.2) is 0 Å². The van der Waals surface area contributed by atoms with Crippen molar-refractivity contribution in [3.05, 3.63) is 35.6 Å². The molecule has 104 valence electrons. The van der Waals surface area contributed by atoms with E-state index in [4.69, 9.17) is 0 Å². The van der Waals surface area contributed by atoms with Crippen molar-refractivity contribution in [2.75, 3.05) is 13.1 Å². The molecule has 0 aromatic heterocycles. The molecule has 2 unspecified atom stereocenters. The zero-order valence-corrected chi connectivity index (χ0v) is 11.3. The van der Waals surface area contributed by atoms with Crippen LogP contribution in [0.25, 0.3) is 0 Å². The van der Waals surface area contributed by atoms with Crippen molar-refractivity contribution in [3.63, 3.8) is 0 Å². The SMILES string of the molecule is CC1CCNC(C(=O)NCCc2cccc(F)c2)C1. The van der Waals surface area contributed by atoms with Gasteiger partial charge in [0.05, 0.1) is 6.04 Å². The number of amides is 1. The number of carbonyl (C=O) groups is 1. The third-order valence-corrected chi connectivity index (χ3v) is 3.58. The van der Waals surface area contributed by atoms with Gasteiger partial charge >= 0.3 is 0 Å². The van der Waals surface area contributed by atoms with Crippen LogP contribution in [0.4, 0.5) is 4.39 Å². The third-order valence-electron chi connectivity index (χ3n) is 3.58. The van der Waals surface area contributed by atoms with Gasteiger partial charge in [-0.25, -0.2) is 4.39 Å². The predicted molar refractivity (Wildman–Crippen MR) is 73.3 cm³/mol. The highest BCUT2D eigenvalue weighted by atomic mass is 19.1. The fourth-order valence-corrected chi connectivity index (χ4v) is 2.45. The van der Waals surface area contributed by atoms with Crippen molar-refractivity contribution in [1.82, 2.24) is 10.6 Å². The molecule has 4 heteroatoms. The summed E-state index contributed by atoms with van der Waals surface area (Å²) in [6, 6.07) is 6.42. The fourth-order valence-electron chi connectivity index (χ4n) is 2.45. The average molecular weight is 264 g/mol. The summed E-state index contributed by atoms with van der Waals surface area (Å²) < 4.78 is 13.0. The maximum atomic E-state index is 13.0. The summed E-state index contributed by atoms with van der Waals surface area (Å²) in [6.07, 6.45) is 2.69. The molecule has 1 saturated heterocycles. The normalized spacial score (nSPS) is 23.1. The summed E-state index contributed by atoms with van der Waals surface area (Å²) in [5.41, 5.74) is 0.908. The molecule has 2 atom stereocenters. The molecule has 0 spiro atoms. The number of halogens is 1. The maximum Gasteiger partial charge on any atom is 0.237 e. The smallest absolute Gasteiger partial charge is 0.237 e. The minimum absolute atomic E-state index is 0.0583. The first-order chi connectivity index (χ1) is 9.15. The van der Waals surface area contributed by atoms with Crippen LogP contribution in [0.15, 0.2) is 24.3 Å². The first-order valence-electron chi connectivity index (χ1n) is 6.90. The van der Waals surface area contributed by atoms with Crippen molar-refractivity contribution < 1.29 is 9.18 Å². The second-order valence-corrected chi connectivity index (χ2v) is 5.31. The number of hydrogen-bond donors (Lipinski definition) is 2. The molecular weight excluding hydrogens is 243 g/mol. The van der Waals surface area contributed by atoms with Crippen LogP contribution in [-0.2, 0) is 11.2 Å². The van der Waals surface area contributed by atoms with E-state index in [-0.39, 0.29) is 17.8 Å². The second kappa shape index (κ2) is 6.66. The lowest BCUT2D eigenvalue weighted by molar-refractivity contribution is -0.123. The Hall–Kier alpha value is -1.42. The van der Waals surface area contributed by atoms with Gasteiger partial charge in [-0.2, -0.15) is 0 Å².